The molecule has 0 atom stereocenters. The summed E-state index contributed by atoms with van der Waals surface area (Å²) in [6.45, 7) is 0.568. The highest BCUT2D eigenvalue weighted by atomic mass is 127. The van der Waals surface area contributed by atoms with Crippen LogP contribution < -0.4 is 5.14 Å². The average molecular weight is 367 g/mol. The van der Waals surface area contributed by atoms with Gasteiger partial charge in [-0.1, -0.05) is 6.07 Å². The lowest BCUT2D eigenvalue weighted by molar-refractivity contribution is 0.431. The highest BCUT2D eigenvalue weighted by Gasteiger charge is 2.25. The van der Waals surface area contributed by atoms with Gasteiger partial charge in [0.15, 0.2) is 0 Å². The van der Waals surface area contributed by atoms with E-state index in [1.807, 2.05) is 23.0 Å². The summed E-state index contributed by atoms with van der Waals surface area (Å²) in [6.07, 6.45) is 2.97. The second kappa shape index (κ2) is 5.21. The fraction of sp³-hybridized carbons (Fsp3) is 0.455. The van der Waals surface area contributed by atoms with Crippen LogP contribution in [0.25, 0.3) is 0 Å². The maximum Gasteiger partial charge on any atom is 0.238 e. The molecule has 0 aliphatic heterocycles. The predicted octanol–water partition coefficient (Wildman–Crippen LogP) is 2.12. The van der Waals surface area contributed by atoms with Crippen molar-refractivity contribution in [3.8, 4) is 0 Å². The Hall–Kier alpha value is -0.180. The number of nitrogens with two attached hydrogens (primary N) is 1. The fourth-order valence-electron chi connectivity index (χ4n) is 1.80. The Morgan fingerprint density at radius 1 is 1.35 bits per heavy atom. The van der Waals surface area contributed by atoms with Gasteiger partial charge in [0.05, 0.1) is 11.5 Å². The SMILES string of the molecule is NS(=O)(=O)c1cc(CCOI)cc(C2CC2)c1. The molecule has 0 amide bonds. The number of hydrogen-bond donors (Lipinski definition) is 1. The fourth-order valence-corrected chi connectivity index (χ4v) is 2.64. The topological polar surface area (TPSA) is 69.4 Å². The van der Waals surface area contributed by atoms with Gasteiger partial charge < -0.3 is 3.07 Å². The van der Waals surface area contributed by atoms with Gasteiger partial charge in [0, 0.05) is 0 Å². The van der Waals surface area contributed by atoms with Crippen LogP contribution in [0.4, 0.5) is 0 Å². The molecule has 0 radical (unpaired) electrons. The summed E-state index contributed by atoms with van der Waals surface area (Å²) >= 11 is 1.83. The van der Waals surface area contributed by atoms with Crippen molar-refractivity contribution < 1.29 is 11.5 Å². The van der Waals surface area contributed by atoms with E-state index in [0.717, 1.165) is 24.0 Å². The van der Waals surface area contributed by atoms with Crippen molar-refractivity contribution in [1.29, 1.82) is 0 Å². The molecule has 4 nitrogen and oxygen atoms in total. The Kier molecular flexibility index (Phi) is 4.06. The second-order valence-corrected chi connectivity index (χ2v) is 6.48. The van der Waals surface area contributed by atoms with E-state index >= 15 is 0 Å². The lowest BCUT2D eigenvalue weighted by Gasteiger charge is -2.07. The van der Waals surface area contributed by atoms with E-state index in [-0.39, 0.29) is 4.90 Å². The Balaban J connectivity index is 2.35. The first-order chi connectivity index (χ1) is 8.00. The smallest absolute Gasteiger partial charge is 0.238 e. The Bertz CT molecular complexity index is 511. The van der Waals surface area contributed by atoms with Crippen LogP contribution in [0.3, 0.4) is 0 Å². The van der Waals surface area contributed by atoms with Crippen molar-refractivity contribution >= 4 is 33.0 Å². The first-order valence-corrected chi connectivity index (χ1v) is 7.83. The Labute approximate surface area is 115 Å². The van der Waals surface area contributed by atoms with Crippen LogP contribution in [-0.4, -0.2) is 15.0 Å². The summed E-state index contributed by atoms with van der Waals surface area (Å²) in [7, 11) is -3.62. The van der Waals surface area contributed by atoms with Gasteiger partial charge in [-0.05, 0) is 48.4 Å². The molecule has 0 aromatic heterocycles. The van der Waals surface area contributed by atoms with Crippen molar-refractivity contribution in [2.24, 2.45) is 5.14 Å². The van der Waals surface area contributed by atoms with Crippen LogP contribution in [0.5, 0.6) is 0 Å². The van der Waals surface area contributed by atoms with Gasteiger partial charge in [-0.15, -0.1) is 0 Å². The van der Waals surface area contributed by atoms with Gasteiger partial charge in [0.2, 0.25) is 10.0 Å². The van der Waals surface area contributed by atoms with Crippen LogP contribution in [0.2, 0.25) is 0 Å². The summed E-state index contributed by atoms with van der Waals surface area (Å²) < 4.78 is 27.8. The summed E-state index contributed by atoms with van der Waals surface area (Å²) in [5, 5.41) is 5.18. The van der Waals surface area contributed by atoms with E-state index in [1.165, 1.54) is 0 Å². The zero-order valence-corrected chi connectivity index (χ0v) is 12.2. The van der Waals surface area contributed by atoms with Crippen molar-refractivity contribution in [3.63, 3.8) is 0 Å². The molecule has 0 spiro atoms. The molecule has 0 unspecified atom stereocenters. The summed E-state index contributed by atoms with van der Waals surface area (Å²) in [5.41, 5.74) is 2.05. The molecule has 1 fully saturated rings. The molecular weight excluding hydrogens is 353 g/mol. The van der Waals surface area contributed by atoms with E-state index in [0.29, 0.717) is 18.9 Å². The van der Waals surface area contributed by atoms with Crippen LogP contribution in [0.15, 0.2) is 23.1 Å². The number of sulfonamides is 1. The number of halogens is 1. The monoisotopic (exact) mass is 367 g/mol. The van der Waals surface area contributed by atoms with Gasteiger partial charge in [-0.25, -0.2) is 13.6 Å². The zero-order valence-electron chi connectivity index (χ0n) is 9.23. The van der Waals surface area contributed by atoms with Crippen LogP contribution in [-0.2, 0) is 19.5 Å². The van der Waals surface area contributed by atoms with E-state index < -0.39 is 10.0 Å². The average Bonchev–Trinajstić information content (AvgIpc) is 3.08. The van der Waals surface area contributed by atoms with E-state index in [9.17, 15) is 8.42 Å². The molecule has 1 aliphatic carbocycles. The van der Waals surface area contributed by atoms with Crippen molar-refractivity contribution in [2.75, 3.05) is 6.61 Å². The maximum absolute atomic E-state index is 11.4. The molecule has 0 heterocycles. The molecule has 2 N–H and O–H groups in total. The maximum atomic E-state index is 11.4. The summed E-state index contributed by atoms with van der Waals surface area (Å²) in [5.74, 6) is 0.510. The highest BCUT2D eigenvalue weighted by Crippen LogP contribution is 2.41. The third kappa shape index (κ3) is 3.64. The first-order valence-electron chi connectivity index (χ1n) is 5.41. The number of benzene rings is 1. The minimum absolute atomic E-state index is 0.213. The zero-order chi connectivity index (χ0) is 12.5. The molecule has 0 saturated heterocycles. The standard InChI is InChI=1S/C11H14INO3S/c12-16-4-3-8-5-10(9-1-2-9)7-11(6-8)17(13,14)15/h5-7,9H,1-4H2,(H2,13,14,15). The molecule has 17 heavy (non-hydrogen) atoms. The number of primary sulfonamides is 1. The van der Waals surface area contributed by atoms with E-state index in [1.54, 1.807) is 12.1 Å². The van der Waals surface area contributed by atoms with Gasteiger partial charge in [-0.3, -0.25) is 0 Å². The highest BCUT2D eigenvalue weighted by molar-refractivity contribution is 14.1. The van der Waals surface area contributed by atoms with E-state index in [4.69, 9.17) is 8.21 Å². The van der Waals surface area contributed by atoms with Gasteiger partial charge >= 0.3 is 0 Å². The van der Waals surface area contributed by atoms with Gasteiger partial charge in [-0.2, -0.15) is 0 Å². The van der Waals surface area contributed by atoms with Gasteiger partial charge in [0.25, 0.3) is 0 Å². The molecule has 1 aromatic rings. The lowest BCUT2D eigenvalue weighted by Crippen LogP contribution is -2.13. The molecule has 94 valence electrons. The third-order valence-corrected chi connectivity index (χ3v) is 4.17. The van der Waals surface area contributed by atoms with Crippen LogP contribution in [0.1, 0.15) is 29.9 Å². The van der Waals surface area contributed by atoms with Crippen LogP contribution in [0, 0.1) is 0 Å². The predicted molar refractivity (Wildman–Crippen MR) is 73.5 cm³/mol. The normalized spacial score (nSPS) is 16.1. The summed E-state index contributed by atoms with van der Waals surface area (Å²) in [4.78, 5) is 0.213. The molecule has 2 rings (SSSR count). The molecule has 6 heteroatoms. The van der Waals surface area contributed by atoms with E-state index in [2.05, 4.69) is 6.07 Å². The third-order valence-electron chi connectivity index (χ3n) is 2.83. The van der Waals surface area contributed by atoms with Crippen molar-refractivity contribution in [3.05, 3.63) is 29.3 Å². The van der Waals surface area contributed by atoms with Crippen LogP contribution >= 0.6 is 23.0 Å². The first kappa shape index (κ1) is 13.3. The minimum Gasteiger partial charge on any atom is -0.315 e. The quantitative estimate of drug-likeness (QED) is 0.811. The van der Waals surface area contributed by atoms with Crippen molar-refractivity contribution in [1.82, 2.24) is 0 Å². The van der Waals surface area contributed by atoms with Gasteiger partial charge in [0.1, 0.15) is 23.0 Å². The molecule has 1 saturated carbocycles. The second-order valence-electron chi connectivity index (χ2n) is 4.29. The molecule has 1 aromatic carbocycles. The molecular formula is C11H14INO3S. The molecule has 1 aliphatic rings. The number of hydrogen-bond acceptors (Lipinski definition) is 3. The summed E-state index contributed by atoms with van der Waals surface area (Å²) in [6, 6.07) is 5.39. The van der Waals surface area contributed by atoms with Crippen molar-refractivity contribution in [2.45, 2.75) is 30.1 Å². The molecule has 0 bridgehead atoms. The minimum atomic E-state index is -3.62. The number of rotatable bonds is 5. The largest absolute Gasteiger partial charge is 0.315 e. The lowest BCUT2D eigenvalue weighted by atomic mass is 10.1. The Morgan fingerprint density at radius 2 is 2.06 bits per heavy atom. The Morgan fingerprint density at radius 3 is 2.59 bits per heavy atom.